The predicted molar refractivity (Wildman–Crippen MR) is 82.7 cm³/mol. The highest BCUT2D eigenvalue weighted by Gasteiger charge is 2.16. The number of hydrogen-bond donors (Lipinski definition) is 1. The van der Waals surface area contributed by atoms with Gasteiger partial charge < -0.3 is 15.5 Å². The van der Waals surface area contributed by atoms with E-state index in [9.17, 15) is 4.39 Å². The van der Waals surface area contributed by atoms with Crippen molar-refractivity contribution in [3.8, 4) is 0 Å². The van der Waals surface area contributed by atoms with Crippen molar-refractivity contribution in [1.82, 2.24) is 4.90 Å². The minimum absolute atomic E-state index is 0.0440. The SMILES string of the molecule is CC(N)Cc1cccc(F)c1N(C)CCN1CCCC1. The molecule has 1 aliphatic rings. The fraction of sp³-hybridized carbons (Fsp3) is 0.625. The van der Waals surface area contributed by atoms with Crippen molar-refractivity contribution in [3.05, 3.63) is 29.6 Å². The Bertz CT molecular complexity index is 428. The fourth-order valence-corrected chi connectivity index (χ4v) is 2.91. The maximum atomic E-state index is 14.2. The van der Waals surface area contributed by atoms with E-state index in [1.807, 2.05) is 24.9 Å². The third kappa shape index (κ3) is 3.93. The molecule has 1 unspecified atom stereocenters. The molecule has 0 aromatic heterocycles. The Kier molecular flexibility index (Phi) is 5.38. The molecule has 0 aliphatic carbocycles. The van der Waals surface area contributed by atoms with Crippen molar-refractivity contribution in [3.63, 3.8) is 0 Å². The monoisotopic (exact) mass is 279 g/mol. The van der Waals surface area contributed by atoms with Crippen LogP contribution in [0.3, 0.4) is 0 Å². The van der Waals surface area contributed by atoms with Gasteiger partial charge in [-0.15, -0.1) is 0 Å². The Morgan fingerprint density at radius 1 is 1.35 bits per heavy atom. The van der Waals surface area contributed by atoms with E-state index in [-0.39, 0.29) is 11.9 Å². The zero-order chi connectivity index (χ0) is 14.5. The van der Waals surface area contributed by atoms with Gasteiger partial charge in [0.2, 0.25) is 0 Å². The minimum Gasteiger partial charge on any atom is -0.371 e. The molecule has 0 spiro atoms. The largest absolute Gasteiger partial charge is 0.371 e. The van der Waals surface area contributed by atoms with Crippen LogP contribution in [0, 0.1) is 5.82 Å². The first-order valence-corrected chi connectivity index (χ1v) is 7.54. The summed E-state index contributed by atoms with van der Waals surface area (Å²) in [7, 11) is 1.97. The van der Waals surface area contributed by atoms with Gasteiger partial charge in [-0.1, -0.05) is 12.1 Å². The predicted octanol–water partition coefficient (Wildman–Crippen LogP) is 2.25. The molecule has 1 atom stereocenters. The van der Waals surface area contributed by atoms with Crippen molar-refractivity contribution in [2.24, 2.45) is 5.73 Å². The Balaban J connectivity index is 2.04. The van der Waals surface area contributed by atoms with Crippen molar-refractivity contribution < 1.29 is 4.39 Å². The van der Waals surface area contributed by atoms with E-state index in [1.54, 1.807) is 6.07 Å². The molecule has 1 aromatic carbocycles. The minimum atomic E-state index is -0.146. The zero-order valence-corrected chi connectivity index (χ0v) is 12.6. The van der Waals surface area contributed by atoms with E-state index in [4.69, 9.17) is 5.73 Å². The van der Waals surface area contributed by atoms with E-state index in [0.29, 0.717) is 12.1 Å². The summed E-state index contributed by atoms with van der Waals surface area (Å²) in [6.07, 6.45) is 3.29. The van der Waals surface area contributed by atoms with Gasteiger partial charge in [0.1, 0.15) is 5.82 Å². The van der Waals surface area contributed by atoms with Crippen LogP contribution in [0.1, 0.15) is 25.3 Å². The van der Waals surface area contributed by atoms with E-state index in [1.165, 1.54) is 32.0 Å². The molecule has 20 heavy (non-hydrogen) atoms. The molecule has 0 bridgehead atoms. The highest BCUT2D eigenvalue weighted by atomic mass is 19.1. The molecule has 1 saturated heterocycles. The molecule has 2 rings (SSSR count). The van der Waals surface area contributed by atoms with Crippen LogP contribution in [0.25, 0.3) is 0 Å². The van der Waals surface area contributed by atoms with Crippen LogP contribution in [-0.4, -0.2) is 44.2 Å². The van der Waals surface area contributed by atoms with Gasteiger partial charge in [-0.05, 0) is 50.9 Å². The van der Waals surface area contributed by atoms with Gasteiger partial charge in [0, 0.05) is 26.2 Å². The topological polar surface area (TPSA) is 32.5 Å². The van der Waals surface area contributed by atoms with Crippen LogP contribution in [-0.2, 0) is 6.42 Å². The summed E-state index contributed by atoms with van der Waals surface area (Å²) in [5, 5.41) is 0. The summed E-state index contributed by atoms with van der Waals surface area (Å²) in [4.78, 5) is 4.48. The van der Waals surface area contributed by atoms with Gasteiger partial charge >= 0.3 is 0 Å². The molecule has 3 nitrogen and oxygen atoms in total. The first-order valence-electron chi connectivity index (χ1n) is 7.54. The van der Waals surface area contributed by atoms with Crippen molar-refractivity contribution in [2.75, 3.05) is 38.1 Å². The number of nitrogens with zero attached hydrogens (tertiary/aromatic N) is 2. The number of likely N-dealkylation sites (tertiary alicyclic amines) is 1. The lowest BCUT2D eigenvalue weighted by atomic mass is 10.0. The highest BCUT2D eigenvalue weighted by molar-refractivity contribution is 5.54. The van der Waals surface area contributed by atoms with Crippen LogP contribution < -0.4 is 10.6 Å². The molecule has 4 heteroatoms. The van der Waals surface area contributed by atoms with Crippen LogP contribution in [0.5, 0.6) is 0 Å². The van der Waals surface area contributed by atoms with Crippen molar-refractivity contribution in [1.29, 1.82) is 0 Å². The highest BCUT2D eigenvalue weighted by Crippen LogP contribution is 2.24. The summed E-state index contributed by atoms with van der Waals surface area (Å²) in [6.45, 7) is 6.17. The maximum absolute atomic E-state index is 14.2. The first kappa shape index (κ1) is 15.3. The smallest absolute Gasteiger partial charge is 0.146 e. The number of benzene rings is 1. The molecular weight excluding hydrogens is 253 g/mol. The molecular formula is C16H26FN3. The summed E-state index contributed by atoms with van der Waals surface area (Å²) < 4.78 is 14.2. The van der Waals surface area contributed by atoms with Gasteiger partial charge in [0.15, 0.2) is 0 Å². The Hall–Kier alpha value is -1.13. The summed E-state index contributed by atoms with van der Waals surface area (Å²) >= 11 is 0. The maximum Gasteiger partial charge on any atom is 0.146 e. The molecule has 1 aliphatic heterocycles. The molecule has 1 aromatic rings. The van der Waals surface area contributed by atoms with E-state index < -0.39 is 0 Å². The third-order valence-corrected chi connectivity index (χ3v) is 3.94. The molecule has 112 valence electrons. The number of rotatable bonds is 6. The normalized spacial score (nSPS) is 17.4. The first-order chi connectivity index (χ1) is 9.58. The number of halogens is 1. The van der Waals surface area contributed by atoms with Crippen LogP contribution in [0.2, 0.25) is 0 Å². The molecule has 0 amide bonds. The summed E-state index contributed by atoms with van der Waals surface area (Å²) in [5.41, 5.74) is 7.58. The van der Waals surface area contributed by atoms with Crippen LogP contribution in [0.4, 0.5) is 10.1 Å². The zero-order valence-electron chi connectivity index (χ0n) is 12.6. The number of likely N-dealkylation sites (N-methyl/N-ethyl adjacent to an activating group) is 1. The lowest BCUT2D eigenvalue weighted by Crippen LogP contribution is -2.32. The lowest BCUT2D eigenvalue weighted by molar-refractivity contribution is 0.346. The second-order valence-corrected chi connectivity index (χ2v) is 5.90. The number of nitrogens with two attached hydrogens (primary N) is 1. The average molecular weight is 279 g/mol. The van der Waals surface area contributed by atoms with Gasteiger partial charge in [-0.2, -0.15) is 0 Å². The summed E-state index contributed by atoms with van der Waals surface area (Å²) in [5.74, 6) is -0.146. The van der Waals surface area contributed by atoms with Gasteiger partial charge in [-0.3, -0.25) is 0 Å². The number of anilines is 1. The van der Waals surface area contributed by atoms with E-state index >= 15 is 0 Å². The molecule has 2 N–H and O–H groups in total. The second-order valence-electron chi connectivity index (χ2n) is 5.90. The third-order valence-electron chi connectivity index (χ3n) is 3.94. The molecule has 1 fully saturated rings. The average Bonchev–Trinajstić information content (AvgIpc) is 2.88. The van der Waals surface area contributed by atoms with Crippen LogP contribution in [0.15, 0.2) is 18.2 Å². The molecule has 0 radical (unpaired) electrons. The number of para-hydroxylation sites is 1. The number of hydrogen-bond acceptors (Lipinski definition) is 3. The second kappa shape index (κ2) is 7.04. The van der Waals surface area contributed by atoms with Crippen molar-refractivity contribution in [2.45, 2.75) is 32.2 Å². The van der Waals surface area contributed by atoms with E-state index in [0.717, 1.165) is 18.7 Å². The Morgan fingerprint density at radius 3 is 2.70 bits per heavy atom. The van der Waals surface area contributed by atoms with Crippen molar-refractivity contribution >= 4 is 5.69 Å². The molecule has 0 saturated carbocycles. The Labute approximate surface area is 121 Å². The van der Waals surface area contributed by atoms with E-state index in [2.05, 4.69) is 4.90 Å². The summed E-state index contributed by atoms with van der Waals surface area (Å²) in [6, 6.07) is 5.33. The lowest BCUT2D eigenvalue weighted by Gasteiger charge is -2.26. The standard InChI is InChI=1S/C16H26FN3/c1-13(18)12-14-6-5-7-15(17)16(14)19(2)10-11-20-8-3-4-9-20/h5-7,13H,3-4,8-12,18H2,1-2H3. The Morgan fingerprint density at radius 2 is 2.05 bits per heavy atom. The van der Waals surface area contributed by atoms with Gasteiger partial charge in [0.05, 0.1) is 5.69 Å². The quantitative estimate of drug-likeness (QED) is 0.867. The van der Waals surface area contributed by atoms with Gasteiger partial charge in [-0.25, -0.2) is 4.39 Å². The molecule has 1 heterocycles. The fourth-order valence-electron chi connectivity index (χ4n) is 2.91. The van der Waals surface area contributed by atoms with Gasteiger partial charge in [0.25, 0.3) is 0 Å². The van der Waals surface area contributed by atoms with Crippen LogP contribution >= 0.6 is 0 Å².